The van der Waals surface area contributed by atoms with Gasteiger partial charge in [0.2, 0.25) is 5.91 Å². The predicted octanol–water partition coefficient (Wildman–Crippen LogP) is 2.81. The second kappa shape index (κ2) is 6.06. The first kappa shape index (κ1) is 14.4. The summed E-state index contributed by atoms with van der Waals surface area (Å²) in [5, 5.41) is 16.3. The molecule has 3 N–H and O–H groups in total. The van der Waals surface area contributed by atoms with Crippen molar-refractivity contribution in [2.75, 3.05) is 5.32 Å². The maximum Gasteiger partial charge on any atom is 0.224 e. The first-order valence-corrected chi connectivity index (χ1v) is 8.02. The van der Waals surface area contributed by atoms with E-state index < -0.39 is 0 Å². The molecule has 114 valence electrons. The Bertz CT molecular complexity index is 518. The first-order chi connectivity index (χ1) is 10.1. The Morgan fingerprint density at radius 2 is 2.05 bits per heavy atom. The third-order valence-corrected chi connectivity index (χ3v) is 4.79. The summed E-state index contributed by atoms with van der Waals surface area (Å²) in [6, 6.07) is 6.62. The van der Waals surface area contributed by atoms with Crippen molar-refractivity contribution >= 4 is 11.6 Å². The number of aryl methyl sites for hydroxylation is 1. The van der Waals surface area contributed by atoms with Crippen LogP contribution in [0.2, 0.25) is 0 Å². The van der Waals surface area contributed by atoms with E-state index in [9.17, 15) is 9.90 Å². The fourth-order valence-corrected chi connectivity index (χ4v) is 3.71. The zero-order chi connectivity index (χ0) is 14.8. The molecule has 2 saturated heterocycles. The summed E-state index contributed by atoms with van der Waals surface area (Å²) >= 11 is 0. The van der Waals surface area contributed by atoms with E-state index in [-0.39, 0.29) is 11.7 Å². The highest BCUT2D eigenvalue weighted by Crippen LogP contribution is 2.33. The SMILES string of the molecule is CCc1ccc(O)c(NC(=O)CC2CC3CCC(C2)N3)c1. The van der Waals surface area contributed by atoms with Crippen molar-refractivity contribution in [3.8, 4) is 5.75 Å². The average Bonchev–Trinajstić information content (AvgIpc) is 2.80. The molecule has 2 aliphatic rings. The van der Waals surface area contributed by atoms with E-state index >= 15 is 0 Å². The lowest BCUT2D eigenvalue weighted by Crippen LogP contribution is -2.39. The van der Waals surface area contributed by atoms with Crippen molar-refractivity contribution in [2.24, 2.45) is 5.92 Å². The number of nitrogens with one attached hydrogen (secondary N) is 2. The van der Waals surface area contributed by atoms with Crippen LogP contribution in [0, 0.1) is 5.92 Å². The van der Waals surface area contributed by atoms with Gasteiger partial charge in [0.15, 0.2) is 0 Å². The maximum absolute atomic E-state index is 12.2. The number of aromatic hydroxyl groups is 1. The van der Waals surface area contributed by atoms with Gasteiger partial charge in [-0.1, -0.05) is 13.0 Å². The number of benzene rings is 1. The molecular weight excluding hydrogens is 264 g/mol. The second-order valence-corrected chi connectivity index (χ2v) is 6.43. The standard InChI is InChI=1S/C17H24N2O2/c1-2-11-3-6-16(20)15(9-11)19-17(21)10-12-7-13-4-5-14(8-12)18-13/h3,6,9,12-14,18,20H,2,4-5,7-8,10H2,1H3,(H,19,21). The van der Waals surface area contributed by atoms with Crippen molar-refractivity contribution in [3.05, 3.63) is 23.8 Å². The topological polar surface area (TPSA) is 61.4 Å². The summed E-state index contributed by atoms with van der Waals surface area (Å²) < 4.78 is 0. The smallest absolute Gasteiger partial charge is 0.224 e. The summed E-state index contributed by atoms with van der Waals surface area (Å²) in [5.74, 6) is 0.635. The average molecular weight is 288 g/mol. The van der Waals surface area contributed by atoms with E-state index in [2.05, 4.69) is 17.6 Å². The number of carbonyl (C=O) groups is 1. The van der Waals surface area contributed by atoms with Gasteiger partial charge in [0.25, 0.3) is 0 Å². The van der Waals surface area contributed by atoms with Crippen LogP contribution in [-0.2, 0) is 11.2 Å². The van der Waals surface area contributed by atoms with Gasteiger partial charge in [-0.3, -0.25) is 4.79 Å². The lowest BCUT2D eigenvalue weighted by molar-refractivity contribution is -0.117. The van der Waals surface area contributed by atoms with Crippen molar-refractivity contribution < 1.29 is 9.90 Å². The minimum atomic E-state index is 0.0184. The molecule has 0 spiro atoms. The fraction of sp³-hybridized carbons (Fsp3) is 0.588. The normalized spacial score (nSPS) is 27.6. The van der Waals surface area contributed by atoms with Crippen LogP contribution < -0.4 is 10.6 Å². The van der Waals surface area contributed by atoms with Crippen LogP contribution in [-0.4, -0.2) is 23.1 Å². The van der Waals surface area contributed by atoms with Crippen LogP contribution in [0.1, 0.15) is 44.6 Å². The number of fused-ring (bicyclic) bond motifs is 2. The van der Waals surface area contributed by atoms with Crippen molar-refractivity contribution in [3.63, 3.8) is 0 Å². The Balaban J connectivity index is 1.59. The van der Waals surface area contributed by atoms with Gasteiger partial charge >= 0.3 is 0 Å². The molecular formula is C17H24N2O2. The fourth-order valence-electron chi connectivity index (χ4n) is 3.71. The van der Waals surface area contributed by atoms with Crippen molar-refractivity contribution in [2.45, 2.75) is 57.5 Å². The number of phenolic OH excluding ortho intramolecular Hbond substituents is 1. The summed E-state index contributed by atoms with van der Waals surface area (Å²) in [7, 11) is 0. The lowest BCUT2D eigenvalue weighted by atomic mass is 9.89. The largest absolute Gasteiger partial charge is 0.506 e. The van der Waals surface area contributed by atoms with E-state index in [0.29, 0.717) is 30.1 Å². The molecule has 21 heavy (non-hydrogen) atoms. The Morgan fingerprint density at radius 3 is 2.71 bits per heavy atom. The van der Waals surface area contributed by atoms with E-state index in [4.69, 9.17) is 0 Å². The molecule has 2 atom stereocenters. The van der Waals surface area contributed by atoms with Crippen LogP contribution in [0.25, 0.3) is 0 Å². The minimum Gasteiger partial charge on any atom is -0.506 e. The number of piperidine rings is 1. The van der Waals surface area contributed by atoms with Gasteiger partial charge in [-0.2, -0.15) is 0 Å². The molecule has 2 heterocycles. The van der Waals surface area contributed by atoms with E-state index in [1.807, 2.05) is 12.1 Å². The quantitative estimate of drug-likeness (QED) is 0.747. The Hall–Kier alpha value is -1.55. The number of rotatable bonds is 4. The summed E-state index contributed by atoms with van der Waals surface area (Å²) in [6.45, 7) is 2.06. The highest BCUT2D eigenvalue weighted by molar-refractivity contribution is 5.92. The molecule has 4 nitrogen and oxygen atoms in total. The second-order valence-electron chi connectivity index (χ2n) is 6.43. The first-order valence-electron chi connectivity index (χ1n) is 8.02. The summed E-state index contributed by atoms with van der Waals surface area (Å²) in [5.41, 5.74) is 1.65. The van der Waals surface area contributed by atoms with Crippen LogP contribution in [0.15, 0.2) is 18.2 Å². The number of hydrogen-bond donors (Lipinski definition) is 3. The van der Waals surface area contributed by atoms with Crippen molar-refractivity contribution in [1.29, 1.82) is 0 Å². The molecule has 0 saturated carbocycles. The van der Waals surface area contributed by atoms with E-state index in [0.717, 1.165) is 24.8 Å². The van der Waals surface area contributed by atoms with Gasteiger partial charge in [-0.05, 0) is 55.7 Å². The monoisotopic (exact) mass is 288 g/mol. The summed E-state index contributed by atoms with van der Waals surface area (Å²) in [6.07, 6.45) is 6.16. The van der Waals surface area contributed by atoms with Crippen LogP contribution >= 0.6 is 0 Å². The molecule has 2 aliphatic heterocycles. The van der Waals surface area contributed by atoms with Gasteiger partial charge in [0, 0.05) is 18.5 Å². The van der Waals surface area contributed by atoms with Gasteiger partial charge in [0.1, 0.15) is 5.75 Å². The van der Waals surface area contributed by atoms with Gasteiger partial charge < -0.3 is 15.7 Å². The molecule has 0 aromatic heterocycles. The lowest BCUT2D eigenvalue weighted by Gasteiger charge is -2.28. The number of phenols is 1. The third-order valence-electron chi connectivity index (χ3n) is 4.79. The van der Waals surface area contributed by atoms with Crippen LogP contribution in [0.5, 0.6) is 5.75 Å². The molecule has 2 fully saturated rings. The van der Waals surface area contributed by atoms with Gasteiger partial charge in [-0.15, -0.1) is 0 Å². The van der Waals surface area contributed by atoms with E-state index in [1.165, 1.54) is 12.8 Å². The van der Waals surface area contributed by atoms with Crippen molar-refractivity contribution in [1.82, 2.24) is 5.32 Å². The molecule has 1 aromatic rings. The van der Waals surface area contributed by atoms with Crippen LogP contribution in [0.4, 0.5) is 5.69 Å². The number of carbonyl (C=O) groups excluding carboxylic acids is 1. The van der Waals surface area contributed by atoms with Gasteiger partial charge in [0.05, 0.1) is 5.69 Å². The van der Waals surface area contributed by atoms with Crippen LogP contribution in [0.3, 0.4) is 0 Å². The highest BCUT2D eigenvalue weighted by Gasteiger charge is 2.34. The molecule has 1 aromatic carbocycles. The molecule has 2 unspecified atom stereocenters. The number of anilines is 1. The Kier molecular flexibility index (Phi) is 4.15. The predicted molar refractivity (Wildman–Crippen MR) is 83.4 cm³/mol. The van der Waals surface area contributed by atoms with Gasteiger partial charge in [-0.25, -0.2) is 0 Å². The number of amides is 1. The minimum absolute atomic E-state index is 0.0184. The maximum atomic E-state index is 12.2. The molecule has 1 amide bonds. The third kappa shape index (κ3) is 3.38. The Labute approximate surface area is 125 Å². The zero-order valence-electron chi connectivity index (χ0n) is 12.6. The zero-order valence-corrected chi connectivity index (χ0v) is 12.6. The van der Waals surface area contributed by atoms with E-state index in [1.54, 1.807) is 6.07 Å². The molecule has 0 aliphatic carbocycles. The Morgan fingerprint density at radius 1 is 1.33 bits per heavy atom. The molecule has 0 radical (unpaired) electrons. The molecule has 3 rings (SSSR count). The molecule has 4 heteroatoms. The highest BCUT2D eigenvalue weighted by atomic mass is 16.3. The molecule has 2 bridgehead atoms. The number of hydrogen-bond acceptors (Lipinski definition) is 3. The summed E-state index contributed by atoms with van der Waals surface area (Å²) in [4.78, 5) is 12.2.